The lowest BCUT2D eigenvalue weighted by atomic mass is 9.97. The van der Waals surface area contributed by atoms with Gasteiger partial charge in [-0.15, -0.1) is 0 Å². The van der Waals surface area contributed by atoms with Gasteiger partial charge in [-0.25, -0.2) is 0 Å². The Hall–Kier alpha value is -1.55. The number of likely N-dealkylation sites (tertiary alicyclic amines) is 1. The van der Waals surface area contributed by atoms with E-state index in [1.54, 1.807) is 11.8 Å². The predicted molar refractivity (Wildman–Crippen MR) is 90.4 cm³/mol. The first-order chi connectivity index (χ1) is 11.0. The maximum atomic E-state index is 12.4. The summed E-state index contributed by atoms with van der Waals surface area (Å²) in [5.41, 5.74) is 2.10. The zero-order valence-corrected chi connectivity index (χ0v) is 14.6. The number of amides is 1. The fourth-order valence-corrected chi connectivity index (χ4v) is 3.06. The van der Waals surface area contributed by atoms with Crippen LogP contribution in [0.25, 0.3) is 0 Å². The number of ether oxygens (including phenoxy) is 1. The molecule has 0 radical (unpaired) electrons. The van der Waals surface area contributed by atoms with Crippen molar-refractivity contribution >= 4 is 23.5 Å². The van der Waals surface area contributed by atoms with Crippen molar-refractivity contribution in [3.63, 3.8) is 0 Å². The smallest absolute Gasteiger partial charge is 0.310 e. The maximum absolute atomic E-state index is 12.4. The molecule has 1 atom stereocenters. The van der Waals surface area contributed by atoms with E-state index in [0.717, 1.165) is 35.5 Å². The third-order valence-corrected chi connectivity index (χ3v) is 4.67. The third kappa shape index (κ3) is 4.96. The van der Waals surface area contributed by atoms with Gasteiger partial charge in [0, 0.05) is 24.5 Å². The van der Waals surface area contributed by atoms with E-state index < -0.39 is 0 Å². The van der Waals surface area contributed by atoms with Crippen LogP contribution >= 0.6 is 11.6 Å². The number of hydrogen-bond acceptors (Lipinski definition) is 3. The van der Waals surface area contributed by atoms with Crippen molar-refractivity contribution in [2.24, 2.45) is 5.92 Å². The number of carbonyl (C=O) groups excluding carboxylic acids is 2. The molecule has 1 heterocycles. The molecular weight excluding hydrogens is 314 g/mol. The highest BCUT2D eigenvalue weighted by Gasteiger charge is 2.28. The van der Waals surface area contributed by atoms with Crippen LogP contribution < -0.4 is 0 Å². The van der Waals surface area contributed by atoms with Crippen LogP contribution in [0.3, 0.4) is 0 Å². The molecule has 0 spiro atoms. The Morgan fingerprint density at radius 3 is 2.87 bits per heavy atom. The lowest BCUT2D eigenvalue weighted by Gasteiger charge is -2.31. The first-order valence-electron chi connectivity index (χ1n) is 8.20. The van der Waals surface area contributed by atoms with Crippen LogP contribution in [-0.2, 0) is 20.7 Å². The van der Waals surface area contributed by atoms with Gasteiger partial charge in [-0.1, -0.05) is 23.7 Å². The van der Waals surface area contributed by atoms with Crippen LogP contribution in [0.1, 0.15) is 37.3 Å². The molecule has 2 rings (SSSR count). The van der Waals surface area contributed by atoms with Gasteiger partial charge in [-0.2, -0.15) is 0 Å². The fourth-order valence-electron chi connectivity index (χ4n) is 2.86. The van der Waals surface area contributed by atoms with Crippen molar-refractivity contribution in [3.8, 4) is 0 Å². The van der Waals surface area contributed by atoms with Gasteiger partial charge < -0.3 is 9.64 Å². The fraction of sp³-hybridized carbons (Fsp3) is 0.556. The van der Waals surface area contributed by atoms with Gasteiger partial charge in [0.05, 0.1) is 12.5 Å². The van der Waals surface area contributed by atoms with E-state index in [-0.39, 0.29) is 17.8 Å². The Balaban J connectivity index is 1.87. The summed E-state index contributed by atoms with van der Waals surface area (Å²) in [7, 11) is 0. The van der Waals surface area contributed by atoms with Gasteiger partial charge in [0.25, 0.3) is 0 Å². The quantitative estimate of drug-likeness (QED) is 0.774. The highest BCUT2D eigenvalue weighted by molar-refractivity contribution is 6.31. The number of carbonyl (C=O) groups is 2. The van der Waals surface area contributed by atoms with Crippen molar-refractivity contribution < 1.29 is 14.3 Å². The average Bonchev–Trinajstić information content (AvgIpc) is 2.56. The van der Waals surface area contributed by atoms with Crippen LogP contribution in [0, 0.1) is 12.8 Å². The topological polar surface area (TPSA) is 46.6 Å². The van der Waals surface area contributed by atoms with Gasteiger partial charge in [0.15, 0.2) is 0 Å². The molecule has 0 N–H and O–H groups in total. The van der Waals surface area contributed by atoms with Crippen molar-refractivity contribution in [1.82, 2.24) is 4.90 Å². The van der Waals surface area contributed by atoms with Crippen LogP contribution in [0.2, 0.25) is 5.02 Å². The molecule has 5 heteroatoms. The second kappa shape index (κ2) is 8.34. The molecule has 1 aromatic carbocycles. The molecule has 0 saturated carbocycles. The van der Waals surface area contributed by atoms with Crippen molar-refractivity contribution in [1.29, 1.82) is 0 Å². The zero-order valence-electron chi connectivity index (χ0n) is 13.8. The molecule has 1 saturated heterocycles. The average molecular weight is 338 g/mol. The van der Waals surface area contributed by atoms with Gasteiger partial charge in [0.1, 0.15) is 0 Å². The highest BCUT2D eigenvalue weighted by Crippen LogP contribution is 2.20. The minimum atomic E-state index is -0.185. The summed E-state index contributed by atoms with van der Waals surface area (Å²) < 4.78 is 5.07. The molecule has 1 aliphatic rings. The third-order valence-electron chi connectivity index (χ3n) is 4.26. The predicted octanol–water partition coefficient (Wildman–Crippen LogP) is 3.38. The number of rotatable bonds is 5. The number of benzene rings is 1. The van der Waals surface area contributed by atoms with E-state index in [9.17, 15) is 9.59 Å². The molecule has 1 aliphatic heterocycles. The summed E-state index contributed by atoms with van der Waals surface area (Å²) in [6, 6.07) is 5.90. The molecule has 1 unspecified atom stereocenters. The lowest BCUT2D eigenvalue weighted by molar-refractivity contribution is -0.151. The Morgan fingerprint density at radius 1 is 1.39 bits per heavy atom. The molecule has 23 heavy (non-hydrogen) atoms. The molecule has 0 aliphatic carbocycles. The van der Waals surface area contributed by atoms with E-state index in [4.69, 9.17) is 16.3 Å². The Morgan fingerprint density at radius 2 is 2.17 bits per heavy atom. The van der Waals surface area contributed by atoms with Crippen LogP contribution in [-0.4, -0.2) is 36.5 Å². The van der Waals surface area contributed by atoms with Crippen molar-refractivity contribution in [2.75, 3.05) is 19.7 Å². The SMILES string of the molecule is CCOC(=O)C1CCCN(C(=O)CCc2ccc(C)c(Cl)c2)C1. The summed E-state index contributed by atoms with van der Waals surface area (Å²) in [4.78, 5) is 26.0. The van der Waals surface area contributed by atoms with E-state index in [1.165, 1.54) is 0 Å². The van der Waals surface area contributed by atoms with E-state index >= 15 is 0 Å². The second-order valence-electron chi connectivity index (χ2n) is 6.01. The lowest BCUT2D eigenvalue weighted by Crippen LogP contribution is -2.42. The van der Waals surface area contributed by atoms with Crippen LogP contribution in [0.4, 0.5) is 0 Å². The first-order valence-corrected chi connectivity index (χ1v) is 8.58. The van der Waals surface area contributed by atoms with Crippen LogP contribution in [0.15, 0.2) is 18.2 Å². The minimum Gasteiger partial charge on any atom is -0.466 e. The van der Waals surface area contributed by atoms with Gasteiger partial charge in [0.2, 0.25) is 5.91 Å². The summed E-state index contributed by atoms with van der Waals surface area (Å²) in [5.74, 6) is -0.271. The second-order valence-corrected chi connectivity index (χ2v) is 6.42. The molecule has 0 aromatic heterocycles. The number of aryl methyl sites for hydroxylation is 2. The molecule has 0 bridgehead atoms. The van der Waals surface area contributed by atoms with Gasteiger partial charge in [-0.05, 0) is 50.3 Å². The summed E-state index contributed by atoms with van der Waals surface area (Å²) in [6.07, 6.45) is 2.76. The number of halogens is 1. The Bertz CT molecular complexity index is 573. The molecule has 1 amide bonds. The van der Waals surface area contributed by atoms with E-state index in [0.29, 0.717) is 26.0 Å². The largest absolute Gasteiger partial charge is 0.466 e. The molecular formula is C18H24ClNO3. The molecule has 4 nitrogen and oxygen atoms in total. The molecule has 1 aromatic rings. The van der Waals surface area contributed by atoms with Crippen molar-refractivity contribution in [3.05, 3.63) is 34.3 Å². The van der Waals surface area contributed by atoms with E-state index in [2.05, 4.69) is 0 Å². The standard InChI is InChI=1S/C18H24ClNO3/c1-3-23-18(22)15-5-4-10-20(12-15)17(21)9-8-14-7-6-13(2)16(19)11-14/h6-7,11,15H,3-5,8-10,12H2,1-2H3. The monoisotopic (exact) mass is 337 g/mol. The number of piperidine rings is 1. The Kier molecular flexibility index (Phi) is 6.46. The van der Waals surface area contributed by atoms with Crippen LogP contribution in [0.5, 0.6) is 0 Å². The maximum Gasteiger partial charge on any atom is 0.310 e. The highest BCUT2D eigenvalue weighted by atomic mass is 35.5. The number of hydrogen-bond donors (Lipinski definition) is 0. The molecule has 1 fully saturated rings. The zero-order chi connectivity index (χ0) is 16.8. The van der Waals surface area contributed by atoms with Crippen molar-refractivity contribution in [2.45, 2.75) is 39.5 Å². The molecule has 126 valence electrons. The minimum absolute atomic E-state index is 0.0932. The Labute approximate surface area is 142 Å². The summed E-state index contributed by atoms with van der Waals surface area (Å²) >= 11 is 6.11. The van der Waals surface area contributed by atoms with Gasteiger partial charge >= 0.3 is 5.97 Å². The summed E-state index contributed by atoms with van der Waals surface area (Å²) in [5, 5.41) is 0.732. The first kappa shape index (κ1) is 17.8. The number of nitrogens with zero attached hydrogens (tertiary/aromatic N) is 1. The summed E-state index contributed by atoms with van der Waals surface area (Å²) in [6.45, 7) is 5.35. The van der Waals surface area contributed by atoms with E-state index in [1.807, 2.05) is 25.1 Å². The normalized spacial score (nSPS) is 17.9. The number of esters is 1. The van der Waals surface area contributed by atoms with Gasteiger partial charge in [-0.3, -0.25) is 9.59 Å².